The fraction of sp³-hybridized carbons (Fsp3) is 0.368. The number of halogens is 4. The summed E-state index contributed by atoms with van der Waals surface area (Å²) in [6.07, 6.45) is -2.40. The van der Waals surface area contributed by atoms with E-state index in [2.05, 4.69) is 15.6 Å². The van der Waals surface area contributed by atoms with Crippen molar-refractivity contribution in [1.82, 2.24) is 10.3 Å². The molecule has 1 aromatic heterocycles. The number of hydrogen-bond donors (Lipinski definition) is 3. The Morgan fingerprint density at radius 3 is 2.69 bits per heavy atom. The second kappa shape index (κ2) is 8.87. The third-order valence-corrected chi connectivity index (χ3v) is 4.80. The average Bonchev–Trinajstić information content (AvgIpc) is 2.69. The number of benzene rings is 1. The standard InChI is InChI=1S/C19H19ClF3N3O3/c20-12-1-2-16(27)15(7-12)26-17-8-14(19(21,22)23)13(10-24-17)18(28)25-9-11-3-5-29-6-4-11/h1-2,7-8,10-11,27H,3-6,9H2,(H,24,26)(H,25,28). The molecule has 1 aromatic carbocycles. The monoisotopic (exact) mass is 429 g/mol. The lowest BCUT2D eigenvalue weighted by molar-refractivity contribution is -0.137. The van der Waals surface area contributed by atoms with Crippen LogP contribution in [-0.4, -0.2) is 35.8 Å². The summed E-state index contributed by atoms with van der Waals surface area (Å²) in [5, 5.41) is 15.2. The van der Waals surface area contributed by atoms with Gasteiger partial charge in [-0.1, -0.05) is 11.6 Å². The van der Waals surface area contributed by atoms with Crippen molar-refractivity contribution in [3.05, 3.63) is 46.6 Å². The zero-order valence-corrected chi connectivity index (χ0v) is 16.0. The van der Waals surface area contributed by atoms with Gasteiger partial charge in [0.15, 0.2) is 0 Å². The first-order chi connectivity index (χ1) is 13.7. The Labute approximate surface area is 170 Å². The largest absolute Gasteiger partial charge is 0.506 e. The molecule has 1 aliphatic heterocycles. The van der Waals surface area contributed by atoms with Crippen LogP contribution < -0.4 is 10.6 Å². The number of ether oxygens (including phenoxy) is 1. The van der Waals surface area contributed by atoms with Crippen LogP contribution in [0, 0.1) is 5.92 Å². The number of aromatic nitrogens is 1. The number of nitrogens with one attached hydrogen (secondary N) is 2. The van der Waals surface area contributed by atoms with Gasteiger partial charge in [-0.2, -0.15) is 13.2 Å². The van der Waals surface area contributed by atoms with Gasteiger partial charge in [0.25, 0.3) is 5.91 Å². The second-order valence-electron chi connectivity index (χ2n) is 6.67. The number of rotatable bonds is 5. The quantitative estimate of drug-likeness (QED) is 0.615. The van der Waals surface area contributed by atoms with Crippen molar-refractivity contribution in [2.75, 3.05) is 25.1 Å². The molecule has 0 bridgehead atoms. The predicted octanol–water partition coefficient (Wildman–Crippen LogP) is 4.36. The Morgan fingerprint density at radius 1 is 1.28 bits per heavy atom. The number of alkyl halides is 3. The lowest BCUT2D eigenvalue weighted by atomic mass is 10.00. The minimum Gasteiger partial charge on any atom is -0.506 e. The number of carbonyl (C=O) groups is 1. The Bertz CT molecular complexity index is 887. The number of phenolic OH excluding ortho intramolecular Hbond substituents is 1. The number of anilines is 2. The Balaban J connectivity index is 1.80. The molecule has 0 unspecified atom stereocenters. The van der Waals surface area contributed by atoms with Crippen LogP contribution in [0.15, 0.2) is 30.5 Å². The Hall–Kier alpha value is -2.52. The first kappa shape index (κ1) is 21.2. The number of aromatic hydroxyl groups is 1. The van der Waals surface area contributed by atoms with Gasteiger partial charge in [-0.05, 0) is 43.0 Å². The van der Waals surface area contributed by atoms with E-state index in [0.717, 1.165) is 25.1 Å². The molecule has 2 heterocycles. The predicted molar refractivity (Wildman–Crippen MR) is 102 cm³/mol. The van der Waals surface area contributed by atoms with E-state index in [0.29, 0.717) is 13.2 Å². The van der Waals surface area contributed by atoms with Gasteiger partial charge in [0, 0.05) is 31.0 Å². The molecule has 156 valence electrons. The number of carbonyl (C=O) groups excluding carboxylic acids is 1. The molecule has 2 aromatic rings. The van der Waals surface area contributed by atoms with Gasteiger partial charge < -0.3 is 20.5 Å². The SMILES string of the molecule is O=C(NCC1CCOCC1)c1cnc(Nc2cc(Cl)ccc2O)cc1C(F)(F)F. The van der Waals surface area contributed by atoms with E-state index in [1.807, 2.05) is 0 Å². The van der Waals surface area contributed by atoms with Crippen LogP contribution in [0.1, 0.15) is 28.8 Å². The summed E-state index contributed by atoms with van der Waals surface area (Å²) >= 11 is 5.84. The maximum atomic E-state index is 13.5. The fourth-order valence-electron chi connectivity index (χ4n) is 2.97. The Kier molecular flexibility index (Phi) is 6.49. The van der Waals surface area contributed by atoms with Crippen LogP contribution in [0.5, 0.6) is 5.75 Å². The van der Waals surface area contributed by atoms with Crippen LogP contribution >= 0.6 is 11.6 Å². The van der Waals surface area contributed by atoms with Crippen molar-refractivity contribution < 1.29 is 27.8 Å². The molecule has 1 fully saturated rings. The van der Waals surface area contributed by atoms with Crippen molar-refractivity contribution in [2.24, 2.45) is 5.92 Å². The maximum absolute atomic E-state index is 13.5. The van der Waals surface area contributed by atoms with Crippen LogP contribution in [0.3, 0.4) is 0 Å². The van der Waals surface area contributed by atoms with E-state index >= 15 is 0 Å². The number of nitrogens with zero attached hydrogens (tertiary/aromatic N) is 1. The van der Waals surface area contributed by atoms with Crippen molar-refractivity contribution >= 4 is 29.0 Å². The lowest BCUT2D eigenvalue weighted by Crippen LogP contribution is -2.33. The van der Waals surface area contributed by atoms with Crippen molar-refractivity contribution in [3.8, 4) is 5.75 Å². The van der Waals surface area contributed by atoms with Gasteiger partial charge in [0.05, 0.1) is 16.8 Å². The maximum Gasteiger partial charge on any atom is 0.417 e. The van der Waals surface area contributed by atoms with Crippen LogP contribution in [0.25, 0.3) is 0 Å². The molecule has 0 radical (unpaired) electrons. The molecular weight excluding hydrogens is 411 g/mol. The highest BCUT2D eigenvalue weighted by atomic mass is 35.5. The number of amides is 1. The normalized spacial score (nSPS) is 15.2. The van der Waals surface area contributed by atoms with E-state index in [-0.39, 0.29) is 34.7 Å². The molecule has 0 aliphatic carbocycles. The Morgan fingerprint density at radius 2 is 2.00 bits per heavy atom. The number of pyridine rings is 1. The second-order valence-corrected chi connectivity index (χ2v) is 7.10. The van der Waals surface area contributed by atoms with Crippen molar-refractivity contribution in [2.45, 2.75) is 19.0 Å². The molecule has 0 saturated carbocycles. The smallest absolute Gasteiger partial charge is 0.417 e. The van der Waals surface area contributed by atoms with Gasteiger partial charge in [-0.25, -0.2) is 4.98 Å². The van der Waals surface area contributed by atoms with Gasteiger partial charge >= 0.3 is 6.18 Å². The molecule has 29 heavy (non-hydrogen) atoms. The number of phenols is 1. The fourth-order valence-corrected chi connectivity index (χ4v) is 3.14. The van der Waals surface area contributed by atoms with E-state index in [1.54, 1.807) is 0 Å². The third kappa shape index (κ3) is 5.51. The molecule has 10 heteroatoms. The summed E-state index contributed by atoms with van der Waals surface area (Å²) in [6, 6.07) is 4.81. The van der Waals surface area contributed by atoms with Crippen LogP contribution in [0.2, 0.25) is 5.02 Å². The van der Waals surface area contributed by atoms with E-state index in [4.69, 9.17) is 16.3 Å². The minimum absolute atomic E-state index is 0.0924. The summed E-state index contributed by atoms with van der Waals surface area (Å²) in [5.41, 5.74) is -1.60. The van der Waals surface area contributed by atoms with Crippen LogP contribution in [0.4, 0.5) is 24.7 Å². The molecule has 3 N–H and O–H groups in total. The highest BCUT2D eigenvalue weighted by molar-refractivity contribution is 6.31. The van der Waals surface area contributed by atoms with Gasteiger partial charge in [-0.15, -0.1) is 0 Å². The molecule has 1 amide bonds. The van der Waals surface area contributed by atoms with E-state index in [9.17, 15) is 23.1 Å². The van der Waals surface area contributed by atoms with E-state index < -0.39 is 23.2 Å². The van der Waals surface area contributed by atoms with Gasteiger partial charge in [0.2, 0.25) is 0 Å². The topological polar surface area (TPSA) is 83.5 Å². The summed E-state index contributed by atoms with van der Waals surface area (Å²) < 4.78 is 45.9. The van der Waals surface area contributed by atoms with Crippen molar-refractivity contribution in [1.29, 1.82) is 0 Å². The summed E-state index contributed by atoms with van der Waals surface area (Å²) in [6.45, 7) is 1.43. The van der Waals surface area contributed by atoms with Crippen molar-refractivity contribution in [3.63, 3.8) is 0 Å². The van der Waals surface area contributed by atoms with E-state index in [1.165, 1.54) is 18.2 Å². The average molecular weight is 430 g/mol. The highest BCUT2D eigenvalue weighted by Gasteiger charge is 2.36. The highest BCUT2D eigenvalue weighted by Crippen LogP contribution is 2.35. The first-order valence-corrected chi connectivity index (χ1v) is 9.30. The first-order valence-electron chi connectivity index (χ1n) is 8.93. The van der Waals surface area contributed by atoms with Crippen LogP contribution in [-0.2, 0) is 10.9 Å². The zero-order valence-electron chi connectivity index (χ0n) is 15.2. The molecule has 0 spiro atoms. The molecule has 3 rings (SSSR count). The minimum atomic E-state index is -4.76. The zero-order chi connectivity index (χ0) is 21.0. The third-order valence-electron chi connectivity index (χ3n) is 4.57. The van der Waals surface area contributed by atoms with Gasteiger partial charge in [0.1, 0.15) is 11.6 Å². The summed E-state index contributed by atoms with van der Waals surface area (Å²) in [5.74, 6) is -1.06. The lowest BCUT2D eigenvalue weighted by Gasteiger charge is -2.22. The van der Waals surface area contributed by atoms with Gasteiger partial charge in [-0.3, -0.25) is 4.79 Å². The summed E-state index contributed by atoms with van der Waals surface area (Å²) in [4.78, 5) is 16.3. The molecule has 1 aliphatic rings. The number of hydrogen-bond acceptors (Lipinski definition) is 5. The molecule has 0 atom stereocenters. The summed E-state index contributed by atoms with van der Waals surface area (Å²) in [7, 11) is 0. The molecule has 6 nitrogen and oxygen atoms in total. The molecular formula is C19H19ClF3N3O3. The molecule has 1 saturated heterocycles.